The molecule has 0 bridgehead atoms. The van der Waals surface area contributed by atoms with Crippen LogP contribution in [0.2, 0.25) is 5.02 Å². The van der Waals surface area contributed by atoms with Crippen molar-refractivity contribution in [1.82, 2.24) is 4.98 Å². The Labute approximate surface area is 115 Å². The van der Waals surface area contributed by atoms with Crippen LogP contribution >= 0.6 is 11.6 Å². The molecule has 0 saturated carbocycles. The molecule has 2 N–H and O–H groups in total. The summed E-state index contributed by atoms with van der Waals surface area (Å²) in [6.45, 7) is 1.84. The van der Waals surface area contributed by atoms with Gasteiger partial charge < -0.3 is 10.1 Å². The van der Waals surface area contributed by atoms with Gasteiger partial charge in [0.05, 0.1) is 17.0 Å². The minimum Gasteiger partial charge on any atom is -0.478 e. The van der Waals surface area contributed by atoms with E-state index < -0.39 is 5.97 Å². The SMILES string of the molecule is CCc1c(-c2ccccc2Cl)[nH]c(C=O)c1C(=O)O. The van der Waals surface area contributed by atoms with E-state index in [2.05, 4.69) is 4.98 Å². The number of rotatable bonds is 4. The lowest BCUT2D eigenvalue weighted by Crippen LogP contribution is -2.02. The monoisotopic (exact) mass is 277 g/mol. The lowest BCUT2D eigenvalue weighted by atomic mass is 10.0. The maximum atomic E-state index is 11.3. The van der Waals surface area contributed by atoms with E-state index in [0.717, 1.165) is 0 Å². The predicted octanol–water partition coefficient (Wildman–Crippen LogP) is 3.41. The highest BCUT2D eigenvalue weighted by Gasteiger charge is 2.22. The molecule has 1 aromatic heterocycles. The van der Waals surface area contributed by atoms with Gasteiger partial charge in [0.15, 0.2) is 6.29 Å². The van der Waals surface area contributed by atoms with Crippen LogP contribution in [0.1, 0.15) is 33.3 Å². The minimum atomic E-state index is -1.12. The summed E-state index contributed by atoms with van der Waals surface area (Å²) in [4.78, 5) is 25.1. The number of aromatic nitrogens is 1. The molecule has 19 heavy (non-hydrogen) atoms. The molecule has 0 aliphatic rings. The Kier molecular flexibility index (Phi) is 3.71. The molecule has 0 saturated heterocycles. The van der Waals surface area contributed by atoms with Crippen molar-refractivity contribution in [2.24, 2.45) is 0 Å². The maximum Gasteiger partial charge on any atom is 0.338 e. The Hall–Kier alpha value is -2.07. The highest BCUT2D eigenvalue weighted by Crippen LogP contribution is 2.32. The van der Waals surface area contributed by atoms with Crippen molar-refractivity contribution in [3.05, 3.63) is 46.1 Å². The van der Waals surface area contributed by atoms with Gasteiger partial charge in [-0.25, -0.2) is 4.79 Å². The second kappa shape index (κ2) is 5.28. The van der Waals surface area contributed by atoms with E-state index in [1.165, 1.54) is 0 Å². The number of H-pyrrole nitrogens is 1. The van der Waals surface area contributed by atoms with Gasteiger partial charge in [0.25, 0.3) is 0 Å². The molecule has 0 atom stereocenters. The van der Waals surface area contributed by atoms with E-state index in [-0.39, 0.29) is 11.3 Å². The fraction of sp³-hybridized carbons (Fsp3) is 0.143. The normalized spacial score (nSPS) is 10.4. The van der Waals surface area contributed by atoms with Crippen LogP contribution in [0.4, 0.5) is 0 Å². The van der Waals surface area contributed by atoms with Crippen LogP contribution < -0.4 is 0 Å². The largest absolute Gasteiger partial charge is 0.478 e. The van der Waals surface area contributed by atoms with Crippen LogP contribution in [0.25, 0.3) is 11.3 Å². The van der Waals surface area contributed by atoms with Crippen molar-refractivity contribution in [2.75, 3.05) is 0 Å². The minimum absolute atomic E-state index is 0.0208. The van der Waals surface area contributed by atoms with Crippen molar-refractivity contribution >= 4 is 23.9 Å². The predicted molar refractivity (Wildman–Crippen MR) is 73.0 cm³/mol. The van der Waals surface area contributed by atoms with Gasteiger partial charge in [-0.2, -0.15) is 0 Å². The third kappa shape index (κ3) is 2.27. The number of carbonyl (C=O) groups excluding carboxylic acids is 1. The zero-order valence-electron chi connectivity index (χ0n) is 10.2. The lowest BCUT2D eigenvalue weighted by Gasteiger charge is -2.05. The summed E-state index contributed by atoms with van der Waals surface area (Å²) in [5.41, 5.74) is 1.96. The van der Waals surface area contributed by atoms with Gasteiger partial charge in [-0.15, -0.1) is 0 Å². The second-order valence-electron chi connectivity index (χ2n) is 4.02. The van der Waals surface area contributed by atoms with Crippen molar-refractivity contribution in [2.45, 2.75) is 13.3 Å². The zero-order valence-corrected chi connectivity index (χ0v) is 11.0. The van der Waals surface area contributed by atoms with E-state index in [1.807, 2.05) is 13.0 Å². The van der Waals surface area contributed by atoms with E-state index >= 15 is 0 Å². The van der Waals surface area contributed by atoms with Crippen molar-refractivity contribution in [3.8, 4) is 11.3 Å². The Bertz CT molecular complexity index is 646. The van der Waals surface area contributed by atoms with Crippen LogP contribution in [-0.2, 0) is 6.42 Å². The van der Waals surface area contributed by atoms with Gasteiger partial charge in [-0.1, -0.05) is 36.7 Å². The standard InChI is InChI=1S/C14H12ClNO3/c1-2-8-12(14(18)19)11(7-17)16-13(8)9-5-3-4-6-10(9)15/h3-7,16H,2H2,1H3,(H,18,19). The Morgan fingerprint density at radius 2 is 2.11 bits per heavy atom. The van der Waals surface area contributed by atoms with Crippen molar-refractivity contribution in [1.29, 1.82) is 0 Å². The van der Waals surface area contributed by atoms with Crippen LogP contribution in [0.3, 0.4) is 0 Å². The molecule has 1 heterocycles. The number of hydrogen-bond donors (Lipinski definition) is 2. The van der Waals surface area contributed by atoms with Gasteiger partial charge >= 0.3 is 5.97 Å². The molecule has 1 aromatic carbocycles. The molecule has 4 nitrogen and oxygen atoms in total. The smallest absolute Gasteiger partial charge is 0.338 e. The highest BCUT2D eigenvalue weighted by atomic mass is 35.5. The number of halogens is 1. The molecule has 0 radical (unpaired) electrons. The van der Waals surface area contributed by atoms with E-state index in [0.29, 0.717) is 34.6 Å². The molecule has 0 spiro atoms. The van der Waals surface area contributed by atoms with Crippen LogP contribution in [-0.4, -0.2) is 22.3 Å². The molecular weight excluding hydrogens is 266 g/mol. The number of aromatic carboxylic acids is 1. The van der Waals surface area contributed by atoms with Gasteiger partial charge in [0, 0.05) is 10.6 Å². The first-order valence-corrected chi connectivity index (χ1v) is 6.16. The summed E-state index contributed by atoms with van der Waals surface area (Å²) >= 11 is 6.12. The fourth-order valence-corrected chi connectivity index (χ4v) is 2.37. The van der Waals surface area contributed by atoms with Crippen LogP contribution in [0.5, 0.6) is 0 Å². The number of carbonyl (C=O) groups is 2. The number of benzene rings is 1. The molecule has 0 aliphatic carbocycles. The Balaban J connectivity index is 2.75. The fourth-order valence-electron chi connectivity index (χ4n) is 2.14. The molecule has 0 amide bonds. The van der Waals surface area contributed by atoms with Crippen LogP contribution in [0, 0.1) is 0 Å². The molecule has 5 heteroatoms. The first kappa shape index (κ1) is 13.4. The maximum absolute atomic E-state index is 11.3. The quantitative estimate of drug-likeness (QED) is 0.842. The number of carboxylic acids is 1. The summed E-state index contributed by atoms with van der Waals surface area (Å²) < 4.78 is 0. The Morgan fingerprint density at radius 1 is 1.42 bits per heavy atom. The van der Waals surface area contributed by atoms with Crippen molar-refractivity contribution < 1.29 is 14.7 Å². The third-order valence-electron chi connectivity index (χ3n) is 2.96. The average molecular weight is 278 g/mol. The number of hydrogen-bond acceptors (Lipinski definition) is 2. The number of carboxylic acid groups (broad SMARTS) is 1. The topological polar surface area (TPSA) is 70.2 Å². The molecular formula is C14H12ClNO3. The number of aldehydes is 1. The van der Waals surface area contributed by atoms with E-state index in [1.54, 1.807) is 18.2 Å². The lowest BCUT2D eigenvalue weighted by molar-refractivity contribution is 0.0693. The van der Waals surface area contributed by atoms with Crippen LogP contribution in [0.15, 0.2) is 24.3 Å². The van der Waals surface area contributed by atoms with E-state index in [9.17, 15) is 14.7 Å². The summed E-state index contributed by atoms with van der Waals surface area (Å²) in [6.07, 6.45) is 1.01. The van der Waals surface area contributed by atoms with E-state index in [4.69, 9.17) is 11.6 Å². The van der Waals surface area contributed by atoms with Gasteiger partial charge in [-0.3, -0.25) is 4.79 Å². The summed E-state index contributed by atoms with van der Waals surface area (Å²) in [5.74, 6) is -1.12. The molecule has 2 aromatic rings. The summed E-state index contributed by atoms with van der Waals surface area (Å²) in [5, 5.41) is 9.73. The zero-order chi connectivity index (χ0) is 14.0. The first-order valence-electron chi connectivity index (χ1n) is 5.78. The molecule has 0 fully saturated rings. The van der Waals surface area contributed by atoms with Gasteiger partial charge in [0.2, 0.25) is 0 Å². The Morgan fingerprint density at radius 3 is 2.63 bits per heavy atom. The molecule has 2 rings (SSSR count). The first-order chi connectivity index (χ1) is 9.10. The second-order valence-corrected chi connectivity index (χ2v) is 4.43. The summed E-state index contributed by atoms with van der Waals surface area (Å²) in [6, 6.07) is 7.10. The third-order valence-corrected chi connectivity index (χ3v) is 3.29. The molecule has 0 aliphatic heterocycles. The number of nitrogens with one attached hydrogen (secondary N) is 1. The number of aromatic amines is 1. The molecule has 98 valence electrons. The molecule has 0 unspecified atom stereocenters. The summed E-state index contributed by atoms with van der Waals surface area (Å²) in [7, 11) is 0. The average Bonchev–Trinajstić information content (AvgIpc) is 2.77. The van der Waals surface area contributed by atoms with Crippen molar-refractivity contribution in [3.63, 3.8) is 0 Å². The van der Waals surface area contributed by atoms with Gasteiger partial charge in [-0.05, 0) is 18.1 Å². The van der Waals surface area contributed by atoms with Gasteiger partial charge in [0.1, 0.15) is 0 Å². The highest BCUT2D eigenvalue weighted by molar-refractivity contribution is 6.33.